The number of nitrogens with one attached hydrogen (secondary N) is 1. The van der Waals surface area contributed by atoms with Gasteiger partial charge in [0.25, 0.3) is 11.8 Å². The molecular weight excluding hydrogens is 489 g/mol. The van der Waals surface area contributed by atoms with Gasteiger partial charge in [-0.25, -0.2) is 0 Å². The van der Waals surface area contributed by atoms with Crippen LogP contribution in [0.3, 0.4) is 0 Å². The number of rotatable bonds is 4. The average Bonchev–Trinajstić information content (AvgIpc) is 3.06. The Morgan fingerprint density at radius 2 is 1.76 bits per heavy atom. The lowest BCUT2D eigenvalue weighted by atomic mass is 10.0. The van der Waals surface area contributed by atoms with Crippen LogP contribution in [-0.2, 0) is 16.0 Å². The van der Waals surface area contributed by atoms with E-state index in [0.29, 0.717) is 10.7 Å². The number of benzene rings is 2. The number of halogens is 2. The van der Waals surface area contributed by atoms with Gasteiger partial charge in [0, 0.05) is 11.4 Å². The highest BCUT2D eigenvalue weighted by molar-refractivity contribution is 7.80. The van der Waals surface area contributed by atoms with E-state index in [9.17, 15) is 9.59 Å². The molecule has 2 amide bonds. The second kappa shape index (κ2) is 9.37. The first-order chi connectivity index (χ1) is 16.1. The van der Waals surface area contributed by atoms with Gasteiger partial charge in [0.1, 0.15) is 5.57 Å². The molecule has 1 aliphatic rings. The predicted molar refractivity (Wildman–Crippen MR) is 142 cm³/mol. The van der Waals surface area contributed by atoms with Gasteiger partial charge in [-0.3, -0.25) is 19.8 Å². The second-order valence-electron chi connectivity index (χ2n) is 8.15. The van der Waals surface area contributed by atoms with Crippen molar-refractivity contribution >= 4 is 64.1 Å². The predicted octanol–water partition coefficient (Wildman–Crippen LogP) is 6.10. The highest BCUT2D eigenvalue weighted by Gasteiger charge is 2.35. The minimum Gasteiger partial charge on any atom is -0.317 e. The molecule has 0 spiro atoms. The monoisotopic (exact) mass is 511 g/mol. The average molecular weight is 512 g/mol. The van der Waals surface area contributed by atoms with E-state index in [-0.39, 0.29) is 15.7 Å². The molecular formula is C26H23Cl2N3O2S. The molecule has 2 heterocycles. The van der Waals surface area contributed by atoms with Crippen LogP contribution in [0.15, 0.2) is 48.0 Å². The summed E-state index contributed by atoms with van der Waals surface area (Å²) in [5, 5.41) is 3.24. The zero-order valence-corrected chi connectivity index (χ0v) is 21.5. The van der Waals surface area contributed by atoms with Crippen LogP contribution >= 0.6 is 35.4 Å². The summed E-state index contributed by atoms with van der Waals surface area (Å²) in [5.41, 5.74) is 6.64. The molecule has 0 atom stereocenters. The fraction of sp³-hybridized carbons (Fsp3) is 0.192. The van der Waals surface area contributed by atoms with Gasteiger partial charge in [0.05, 0.1) is 21.4 Å². The fourth-order valence-corrected chi connectivity index (χ4v) is 4.85. The van der Waals surface area contributed by atoms with E-state index in [2.05, 4.69) is 41.9 Å². The van der Waals surface area contributed by atoms with Crippen molar-refractivity contribution in [2.75, 3.05) is 4.90 Å². The molecule has 1 aromatic heterocycles. The van der Waals surface area contributed by atoms with Crippen molar-refractivity contribution < 1.29 is 9.59 Å². The van der Waals surface area contributed by atoms with E-state index in [4.69, 9.17) is 35.4 Å². The summed E-state index contributed by atoms with van der Waals surface area (Å²) in [4.78, 5) is 27.4. The highest BCUT2D eigenvalue weighted by Crippen LogP contribution is 2.31. The van der Waals surface area contributed by atoms with Crippen molar-refractivity contribution in [3.63, 3.8) is 0 Å². The van der Waals surface area contributed by atoms with Crippen molar-refractivity contribution in [3.05, 3.63) is 86.2 Å². The summed E-state index contributed by atoms with van der Waals surface area (Å²) < 4.78 is 2.17. The summed E-state index contributed by atoms with van der Waals surface area (Å²) in [7, 11) is 0. The molecule has 0 saturated carbocycles. The van der Waals surface area contributed by atoms with Crippen molar-refractivity contribution in [1.29, 1.82) is 0 Å². The van der Waals surface area contributed by atoms with E-state index in [0.717, 1.165) is 34.6 Å². The summed E-state index contributed by atoms with van der Waals surface area (Å²) in [6.45, 7) is 8.21. The van der Waals surface area contributed by atoms with Gasteiger partial charge in [-0.05, 0) is 86.4 Å². The molecule has 0 aliphatic carbocycles. The Bertz CT molecular complexity index is 1390. The van der Waals surface area contributed by atoms with Crippen LogP contribution in [0.25, 0.3) is 11.8 Å². The first-order valence-corrected chi connectivity index (χ1v) is 11.9. The minimum absolute atomic E-state index is 0.0106. The summed E-state index contributed by atoms with van der Waals surface area (Å²) >= 11 is 17.4. The van der Waals surface area contributed by atoms with Crippen LogP contribution in [0, 0.1) is 20.8 Å². The standard InChI is InChI=1S/C26H23Cl2N3O2S/c1-5-17-8-6-7-14(2)23(17)30-15(3)11-18(16(30)4)12-20-24(32)29-26(34)31(25(20)33)19-9-10-21(27)22(28)13-19/h6-13H,5H2,1-4H3,(H,29,32,34)/b20-12+. The number of carbonyl (C=O) groups is 2. The third-order valence-electron chi connectivity index (χ3n) is 5.96. The molecule has 0 unspecified atom stereocenters. The van der Waals surface area contributed by atoms with Crippen molar-refractivity contribution in [2.24, 2.45) is 0 Å². The Balaban J connectivity index is 1.81. The number of aromatic nitrogens is 1. The van der Waals surface area contributed by atoms with Crippen molar-refractivity contribution in [1.82, 2.24) is 9.88 Å². The first kappa shape index (κ1) is 24.2. The Kier molecular flexibility index (Phi) is 6.67. The quantitative estimate of drug-likeness (QED) is 0.261. The molecule has 174 valence electrons. The van der Waals surface area contributed by atoms with Crippen LogP contribution in [0.2, 0.25) is 10.0 Å². The van der Waals surface area contributed by atoms with Crippen LogP contribution in [0.1, 0.15) is 35.0 Å². The Hall–Kier alpha value is -2.93. The third-order valence-corrected chi connectivity index (χ3v) is 6.98. The van der Waals surface area contributed by atoms with Crippen LogP contribution in [0.4, 0.5) is 5.69 Å². The van der Waals surface area contributed by atoms with Gasteiger partial charge in [-0.2, -0.15) is 0 Å². The van der Waals surface area contributed by atoms with Gasteiger partial charge >= 0.3 is 0 Å². The number of hydrogen-bond acceptors (Lipinski definition) is 3. The number of thiocarbonyl (C=S) groups is 1. The van der Waals surface area contributed by atoms with Gasteiger partial charge in [0.15, 0.2) is 5.11 Å². The maximum absolute atomic E-state index is 13.4. The third kappa shape index (κ3) is 4.17. The Morgan fingerprint density at radius 1 is 1.03 bits per heavy atom. The molecule has 1 aliphatic heterocycles. The molecule has 4 rings (SSSR count). The number of anilines is 1. The Labute approximate surface area is 214 Å². The molecule has 0 bridgehead atoms. The first-order valence-electron chi connectivity index (χ1n) is 10.8. The lowest BCUT2D eigenvalue weighted by Gasteiger charge is -2.29. The second-order valence-corrected chi connectivity index (χ2v) is 9.36. The van der Waals surface area contributed by atoms with E-state index < -0.39 is 11.8 Å². The number of para-hydroxylation sites is 1. The summed E-state index contributed by atoms with van der Waals surface area (Å²) in [6.07, 6.45) is 2.51. The molecule has 5 nitrogen and oxygen atoms in total. The molecule has 1 fully saturated rings. The lowest BCUT2D eigenvalue weighted by Crippen LogP contribution is -2.54. The minimum atomic E-state index is -0.541. The molecule has 0 radical (unpaired) electrons. The molecule has 2 aromatic carbocycles. The molecule has 34 heavy (non-hydrogen) atoms. The Morgan fingerprint density at radius 3 is 2.44 bits per heavy atom. The maximum atomic E-state index is 13.4. The van der Waals surface area contributed by atoms with Gasteiger partial charge in [0.2, 0.25) is 0 Å². The van der Waals surface area contributed by atoms with Crippen LogP contribution < -0.4 is 10.2 Å². The van der Waals surface area contributed by atoms with Crippen molar-refractivity contribution in [3.8, 4) is 5.69 Å². The SMILES string of the molecule is CCc1cccc(C)c1-n1c(C)cc(/C=C2\C(=O)NC(=S)N(c3ccc(Cl)c(Cl)c3)C2=O)c1C. The lowest BCUT2D eigenvalue weighted by molar-refractivity contribution is -0.122. The zero-order chi connectivity index (χ0) is 24.7. The fourth-order valence-electron chi connectivity index (χ4n) is 4.27. The van der Waals surface area contributed by atoms with Gasteiger partial charge < -0.3 is 4.57 Å². The number of hydrogen-bond donors (Lipinski definition) is 1. The summed E-state index contributed by atoms with van der Waals surface area (Å²) in [5.74, 6) is -1.07. The normalized spacial score (nSPS) is 15.3. The number of aryl methyl sites for hydroxylation is 3. The molecule has 1 saturated heterocycles. The van der Waals surface area contributed by atoms with E-state index in [1.165, 1.54) is 10.5 Å². The maximum Gasteiger partial charge on any atom is 0.270 e. The molecule has 1 N–H and O–H groups in total. The number of carbonyl (C=O) groups excluding carboxylic acids is 2. The van der Waals surface area contributed by atoms with E-state index in [1.807, 2.05) is 19.9 Å². The zero-order valence-electron chi connectivity index (χ0n) is 19.2. The van der Waals surface area contributed by atoms with Gasteiger partial charge in [-0.1, -0.05) is 48.3 Å². The number of amides is 2. The smallest absolute Gasteiger partial charge is 0.270 e. The van der Waals surface area contributed by atoms with Crippen LogP contribution in [-0.4, -0.2) is 21.5 Å². The van der Waals surface area contributed by atoms with Gasteiger partial charge in [-0.15, -0.1) is 0 Å². The van der Waals surface area contributed by atoms with E-state index in [1.54, 1.807) is 24.3 Å². The topological polar surface area (TPSA) is 54.3 Å². The number of nitrogens with zero attached hydrogens (tertiary/aromatic N) is 2. The molecule has 8 heteroatoms. The summed E-state index contributed by atoms with van der Waals surface area (Å²) in [6, 6.07) is 13.0. The van der Waals surface area contributed by atoms with E-state index >= 15 is 0 Å². The van der Waals surface area contributed by atoms with Crippen LogP contribution in [0.5, 0.6) is 0 Å². The van der Waals surface area contributed by atoms with Crippen molar-refractivity contribution in [2.45, 2.75) is 34.1 Å². The highest BCUT2D eigenvalue weighted by atomic mass is 35.5. The molecule has 3 aromatic rings. The largest absolute Gasteiger partial charge is 0.317 e.